The van der Waals surface area contributed by atoms with Crippen LogP contribution in [0.2, 0.25) is 0 Å². The van der Waals surface area contributed by atoms with Crippen LogP contribution < -0.4 is 10.1 Å². The number of carbonyl (C=O) groups excluding carboxylic acids is 2. The van der Waals surface area contributed by atoms with Crippen molar-refractivity contribution in [1.29, 1.82) is 0 Å². The summed E-state index contributed by atoms with van der Waals surface area (Å²) in [5.74, 6) is -0.166. The number of thiazole rings is 1. The monoisotopic (exact) mass is 461 g/mol. The number of para-hydroxylation sites is 1. The molecule has 7 nitrogen and oxygen atoms in total. The van der Waals surface area contributed by atoms with E-state index in [0.29, 0.717) is 17.3 Å². The number of amides is 1. The first-order chi connectivity index (χ1) is 16.1. The molecule has 33 heavy (non-hydrogen) atoms. The number of benzene rings is 2. The molecule has 2 heterocycles. The van der Waals surface area contributed by atoms with Crippen LogP contribution >= 0.6 is 11.3 Å². The highest BCUT2D eigenvalue weighted by atomic mass is 32.1. The Bertz CT molecular complexity index is 1360. The summed E-state index contributed by atoms with van der Waals surface area (Å²) in [6.07, 6.45) is 3.71. The van der Waals surface area contributed by atoms with Crippen LogP contribution in [-0.4, -0.2) is 35.1 Å². The Balaban J connectivity index is 1.31. The molecule has 0 atom stereocenters. The lowest BCUT2D eigenvalue weighted by atomic mass is 9.90. The summed E-state index contributed by atoms with van der Waals surface area (Å²) in [6.45, 7) is 2.12. The topological polar surface area (TPSA) is 90.4 Å². The SMILES string of the molecule is CCOc1ccc2nc(NC(=O)COC(=O)c3c4c(nc5ccccc35)CCCC4)sc2c1. The van der Waals surface area contributed by atoms with E-state index in [0.717, 1.165) is 63.8 Å². The average Bonchev–Trinajstić information content (AvgIpc) is 3.22. The van der Waals surface area contributed by atoms with Crippen LogP contribution in [0.3, 0.4) is 0 Å². The third-order valence-corrected chi connectivity index (χ3v) is 6.56. The second-order valence-electron chi connectivity index (χ2n) is 7.84. The number of aryl methyl sites for hydroxylation is 1. The highest BCUT2D eigenvalue weighted by Crippen LogP contribution is 2.31. The molecule has 8 heteroatoms. The number of ether oxygens (including phenoxy) is 2. The molecule has 1 N–H and O–H groups in total. The minimum atomic E-state index is -0.493. The summed E-state index contributed by atoms with van der Waals surface area (Å²) in [6, 6.07) is 13.2. The Labute approximate surface area is 194 Å². The van der Waals surface area contributed by atoms with Crippen molar-refractivity contribution in [3.63, 3.8) is 0 Å². The van der Waals surface area contributed by atoms with Crippen molar-refractivity contribution >= 4 is 49.5 Å². The van der Waals surface area contributed by atoms with Gasteiger partial charge in [-0.3, -0.25) is 15.1 Å². The summed E-state index contributed by atoms with van der Waals surface area (Å²) >= 11 is 1.34. The van der Waals surface area contributed by atoms with Crippen LogP contribution in [0.4, 0.5) is 5.13 Å². The molecule has 2 aromatic heterocycles. The van der Waals surface area contributed by atoms with E-state index in [1.54, 1.807) is 0 Å². The van der Waals surface area contributed by atoms with Crippen molar-refractivity contribution in [2.45, 2.75) is 32.6 Å². The molecule has 168 valence electrons. The van der Waals surface area contributed by atoms with Gasteiger partial charge in [0.2, 0.25) is 0 Å². The molecule has 0 saturated carbocycles. The lowest BCUT2D eigenvalue weighted by Gasteiger charge is -2.19. The van der Waals surface area contributed by atoms with Gasteiger partial charge in [0.1, 0.15) is 5.75 Å². The van der Waals surface area contributed by atoms with Gasteiger partial charge in [0, 0.05) is 11.1 Å². The summed E-state index contributed by atoms with van der Waals surface area (Å²) < 4.78 is 11.9. The maximum Gasteiger partial charge on any atom is 0.339 e. The van der Waals surface area contributed by atoms with Gasteiger partial charge >= 0.3 is 5.97 Å². The Morgan fingerprint density at radius 2 is 1.91 bits per heavy atom. The molecule has 1 aliphatic rings. The van der Waals surface area contributed by atoms with Crippen LogP contribution in [0.15, 0.2) is 42.5 Å². The summed E-state index contributed by atoms with van der Waals surface area (Å²) in [4.78, 5) is 34.7. The fourth-order valence-electron chi connectivity index (χ4n) is 4.18. The molecule has 0 saturated heterocycles. The van der Waals surface area contributed by atoms with E-state index in [1.807, 2.05) is 49.4 Å². The zero-order chi connectivity index (χ0) is 22.8. The van der Waals surface area contributed by atoms with Gasteiger partial charge in [-0.25, -0.2) is 9.78 Å². The zero-order valence-electron chi connectivity index (χ0n) is 18.2. The smallest absolute Gasteiger partial charge is 0.339 e. The highest BCUT2D eigenvalue weighted by Gasteiger charge is 2.24. The molecular formula is C25H23N3O4S. The summed E-state index contributed by atoms with van der Waals surface area (Å²) in [7, 11) is 0. The molecule has 1 amide bonds. The zero-order valence-corrected chi connectivity index (χ0v) is 19.0. The number of aromatic nitrogens is 2. The van der Waals surface area contributed by atoms with Crippen LogP contribution in [0.5, 0.6) is 5.75 Å². The Morgan fingerprint density at radius 1 is 1.06 bits per heavy atom. The van der Waals surface area contributed by atoms with Gasteiger partial charge in [0.15, 0.2) is 11.7 Å². The van der Waals surface area contributed by atoms with Gasteiger partial charge < -0.3 is 9.47 Å². The highest BCUT2D eigenvalue weighted by molar-refractivity contribution is 7.22. The molecule has 0 unspecified atom stereocenters. The molecule has 0 spiro atoms. The van der Waals surface area contributed by atoms with Crippen LogP contribution in [0.25, 0.3) is 21.1 Å². The van der Waals surface area contributed by atoms with E-state index in [9.17, 15) is 9.59 Å². The lowest BCUT2D eigenvalue weighted by Crippen LogP contribution is -2.22. The standard InChI is InChI=1S/C25H23N3O4S/c1-2-31-15-11-12-20-21(13-15)33-25(27-20)28-22(29)14-32-24(30)23-16-7-3-5-9-18(16)26-19-10-6-4-8-17(19)23/h3,5,7,9,11-13H,2,4,6,8,10,14H2,1H3,(H,27,28,29). The summed E-state index contributed by atoms with van der Waals surface area (Å²) in [5, 5.41) is 3.94. The van der Waals surface area contributed by atoms with Crippen molar-refractivity contribution in [3.8, 4) is 5.75 Å². The van der Waals surface area contributed by atoms with Gasteiger partial charge in [-0.2, -0.15) is 0 Å². The third kappa shape index (κ3) is 4.39. The predicted molar refractivity (Wildman–Crippen MR) is 128 cm³/mol. The molecule has 0 radical (unpaired) electrons. The summed E-state index contributed by atoms with van der Waals surface area (Å²) in [5.41, 5.74) is 3.98. The predicted octanol–water partition coefficient (Wildman–Crippen LogP) is 4.92. The van der Waals surface area contributed by atoms with Crippen molar-refractivity contribution in [3.05, 3.63) is 59.3 Å². The quantitative estimate of drug-likeness (QED) is 0.410. The molecule has 4 aromatic rings. The number of pyridine rings is 1. The first-order valence-electron chi connectivity index (χ1n) is 11.0. The second kappa shape index (κ2) is 9.15. The maximum absolute atomic E-state index is 13.1. The first-order valence-corrected chi connectivity index (χ1v) is 11.8. The molecule has 1 aliphatic carbocycles. The Kier molecular flexibility index (Phi) is 5.92. The van der Waals surface area contributed by atoms with Crippen LogP contribution in [-0.2, 0) is 22.4 Å². The first kappa shape index (κ1) is 21.3. The molecule has 2 aromatic carbocycles. The van der Waals surface area contributed by atoms with E-state index in [2.05, 4.69) is 10.3 Å². The number of anilines is 1. The third-order valence-electron chi connectivity index (χ3n) is 5.63. The fourth-order valence-corrected chi connectivity index (χ4v) is 5.09. The normalized spacial score (nSPS) is 13.0. The van der Waals surface area contributed by atoms with Crippen molar-refractivity contribution in [1.82, 2.24) is 9.97 Å². The number of fused-ring (bicyclic) bond motifs is 3. The van der Waals surface area contributed by atoms with Crippen molar-refractivity contribution in [2.24, 2.45) is 0 Å². The van der Waals surface area contributed by atoms with Crippen LogP contribution in [0.1, 0.15) is 41.4 Å². The van der Waals surface area contributed by atoms with Gasteiger partial charge in [-0.05, 0) is 62.4 Å². The van der Waals surface area contributed by atoms with Crippen molar-refractivity contribution in [2.75, 3.05) is 18.5 Å². The van der Waals surface area contributed by atoms with E-state index in [4.69, 9.17) is 14.5 Å². The maximum atomic E-state index is 13.1. The molecule has 0 bridgehead atoms. The van der Waals surface area contributed by atoms with Crippen LogP contribution in [0, 0.1) is 0 Å². The van der Waals surface area contributed by atoms with Gasteiger partial charge in [0.05, 0.1) is 27.9 Å². The number of hydrogen-bond acceptors (Lipinski definition) is 7. The number of esters is 1. The molecule has 0 aliphatic heterocycles. The Morgan fingerprint density at radius 3 is 2.79 bits per heavy atom. The average molecular weight is 462 g/mol. The number of nitrogens with one attached hydrogen (secondary N) is 1. The minimum Gasteiger partial charge on any atom is -0.494 e. The molecule has 5 rings (SSSR count). The Hall–Kier alpha value is -3.52. The molecule has 0 fully saturated rings. The number of rotatable bonds is 6. The van der Waals surface area contributed by atoms with E-state index < -0.39 is 11.9 Å². The number of hydrogen-bond donors (Lipinski definition) is 1. The van der Waals surface area contributed by atoms with Crippen molar-refractivity contribution < 1.29 is 19.1 Å². The van der Waals surface area contributed by atoms with E-state index >= 15 is 0 Å². The molecular weight excluding hydrogens is 438 g/mol. The fraction of sp³-hybridized carbons (Fsp3) is 0.280. The lowest BCUT2D eigenvalue weighted by molar-refractivity contribution is -0.119. The minimum absolute atomic E-state index is 0.385. The van der Waals surface area contributed by atoms with E-state index in [1.165, 1.54) is 11.3 Å². The van der Waals surface area contributed by atoms with Gasteiger partial charge in [-0.1, -0.05) is 29.5 Å². The number of nitrogens with zero attached hydrogens (tertiary/aromatic N) is 2. The largest absolute Gasteiger partial charge is 0.494 e. The second-order valence-corrected chi connectivity index (χ2v) is 8.87. The van der Waals surface area contributed by atoms with Gasteiger partial charge in [0.25, 0.3) is 5.91 Å². The van der Waals surface area contributed by atoms with Gasteiger partial charge in [-0.15, -0.1) is 0 Å². The number of carbonyl (C=O) groups is 2. The van der Waals surface area contributed by atoms with E-state index in [-0.39, 0.29) is 6.61 Å².